The molecule has 0 radical (unpaired) electrons. The van der Waals surface area contributed by atoms with E-state index in [2.05, 4.69) is 4.74 Å². The van der Waals surface area contributed by atoms with Gasteiger partial charge in [0, 0.05) is 0 Å². The Morgan fingerprint density at radius 1 is 1.27 bits per heavy atom. The summed E-state index contributed by atoms with van der Waals surface area (Å²) in [5.41, 5.74) is -0.609. The Bertz CT molecular complexity index is 237. The van der Waals surface area contributed by atoms with Crippen molar-refractivity contribution in [1.82, 2.24) is 0 Å². The van der Waals surface area contributed by atoms with Gasteiger partial charge >= 0.3 is 11.9 Å². The van der Waals surface area contributed by atoms with Crippen LogP contribution in [0.1, 0.15) is 33.6 Å². The van der Waals surface area contributed by atoms with Crippen LogP contribution in [0.15, 0.2) is 0 Å². The largest absolute Gasteiger partial charge is 0.469 e. The summed E-state index contributed by atoms with van der Waals surface area (Å²) in [5.74, 6) is -0.863. The van der Waals surface area contributed by atoms with Crippen LogP contribution >= 0.6 is 0 Å². The molecular weight excluding hydrogens is 196 g/mol. The first-order valence-corrected chi connectivity index (χ1v) is 5.07. The molecule has 0 fully saturated rings. The maximum Gasteiger partial charge on any atom is 0.311 e. The number of methoxy groups -OCH3 is 2. The minimum absolute atomic E-state index is 0.277. The molecule has 2 atom stereocenters. The lowest BCUT2D eigenvalue weighted by Crippen LogP contribution is -2.32. The number of carbonyl (C=O) groups is 2. The number of esters is 2. The molecule has 15 heavy (non-hydrogen) atoms. The summed E-state index contributed by atoms with van der Waals surface area (Å²) in [4.78, 5) is 22.8. The Hall–Kier alpha value is -1.06. The van der Waals surface area contributed by atoms with Crippen LogP contribution in [-0.4, -0.2) is 26.2 Å². The molecule has 0 heterocycles. The monoisotopic (exact) mass is 216 g/mol. The molecule has 0 amide bonds. The normalized spacial score (nSPS) is 16.3. The molecule has 0 N–H and O–H groups in total. The Morgan fingerprint density at radius 3 is 2.13 bits per heavy atom. The van der Waals surface area contributed by atoms with Gasteiger partial charge in [-0.1, -0.05) is 13.8 Å². The van der Waals surface area contributed by atoms with Crippen molar-refractivity contribution in [3.63, 3.8) is 0 Å². The van der Waals surface area contributed by atoms with E-state index in [1.165, 1.54) is 14.2 Å². The minimum atomic E-state index is -0.609. The zero-order valence-corrected chi connectivity index (χ0v) is 10.1. The second-order valence-electron chi connectivity index (χ2n) is 4.03. The second-order valence-corrected chi connectivity index (χ2v) is 4.03. The standard InChI is InChI=1S/C11H20O4/c1-6-11(3,10(13)15-5)7-8(2)9(12)14-4/h8H,6-7H2,1-5H3. The van der Waals surface area contributed by atoms with Crippen LogP contribution < -0.4 is 0 Å². The molecule has 4 nitrogen and oxygen atoms in total. The SMILES string of the molecule is CCC(C)(CC(C)C(=O)OC)C(=O)OC. The van der Waals surface area contributed by atoms with Crippen LogP contribution in [0.4, 0.5) is 0 Å². The van der Waals surface area contributed by atoms with E-state index in [-0.39, 0.29) is 17.9 Å². The van der Waals surface area contributed by atoms with Crippen LogP contribution in [0.25, 0.3) is 0 Å². The van der Waals surface area contributed by atoms with Crippen LogP contribution in [0.5, 0.6) is 0 Å². The lowest BCUT2D eigenvalue weighted by molar-refractivity contribution is -0.155. The summed E-state index contributed by atoms with van der Waals surface area (Å²) >= 11 is 0. The van der Waals surface area contributed by atoms with Gasteiger partial charge < -0.3 is 9.47 Å². The fourth-order valence-corrected chi connectivity index (χ4v) is 1.58. The van der Waals surface area contributed by atoms with Gasteiger partial charge in [-0.2, -0.15) is 0 Å². The maximum atomic E-state index is 11.5. The van der Waals surface area contributed by atoms with Crippen molar-refractivity contribution in [3.8, 4) is 0 Å². The molecule has 0 saturated carbocycles. The van der Waals surface area contributed by atoms with Crippen molar-refractivity contribution in [2.24, 2.45) is 11.3 Å². The number of rotatable bonds is 5. The van der Waals surface area contributed by atoms with E-state index in [0.717, 1.165) is 0 Å². The fraction of sp³-hybridized carbons (Fsp3) is 0.818. The highest BCUT2D eigenvalue weighted by molar-refractivity contribution is 5.78. The average molecular weight is 216 g/mol. The minimum Gasteiger partial charge on any atom is -0.469 e. The highest BCUT2D eigenvalue weighted by Gasteiger charge is 2.36. The molecule has 88 valence electrons. The predicted octanol–water partition coefficient (Wildman–Crippen LogP) is 1.77. The van der Waals surface area contributed by atoms with Gasteiger partial charge in [0.2, 0.25) is 0 Å². The summed E-state index contributed by atoms with van der Waals surface area (Å²) in [6.07, 6.45) is 1.09. The molecule has 0 spiro atoms. The molecule has 0 aliphatic carbocycles. The molecule has 0 aliphatic rings. The number of ether oxygens (including phenoxy) is 2. The quantitative estimate of drug-likeness (QED) is 0.657. The first-order valence-electron chi connectivity index (χ1n) is 5.07. The van der Waals surface area contributed by atoms with E-state index in [9.17, 15) is 9.59 Å². The van der Waals surface area contributed by atoms with Gasteiger partial charge in [0.05, 0.1) is 25.6 Å². The van der Waals surface area contributed by atoms with Crippen LogP contribution in [0.2, 0.25) is 0 Å². The second kappa shape index (κ2) is 5.73. The molecule has 4 heteroatoms. The van der Waals surface area contributed by atoms with Crippen LogP contribution in [-0.2, 0) is 19.1 Å². The van der Waals surface area contributed by atoms with Gasteiger partial charge in [0.1, 0.15) is 0 Å². The molecular formula is C11H20O4. The van der Waals surface area contributed by atoms with E-state index < -0.39 is 5.41 Å². The smallest absolute Gasteiger partial charge is 0.311 e. The lowest BCUT2D eigenvalue weighted by Gasteiger charge is -2.27. The molecule has 0 aromatic rings. The number of carbonyl (C=O) groups excluding carboxylic acids is 2. The van der Waals surface area contributed by atoms with Crippen LogP contribution in [0.3, 0.4) is 0 Å². The van der Waals surface area contributed by atoms with Crippen molar-refractivity contribution >= 4 is 11.9 Å². The first kappa shape index (κ1) is 13.9. The fourth-order valence-electron chi connectivity index (χ4n) is 1.58. The van der Waals surface area contributed by atoms with E-state index in [0.29, 0.717) is 12.8 Å². The van der Waals surface area contributed by atoms with Crippen molar-refractivity contribution in [3.05, 3.63) is 0 Å². The highest BCUT2D eigenvalue weighted by atomic mass is 16.5. The van der Waals surface area contributed by atoms with Gasteiger partial charge in [-0.05, 0) is 19.8 Å². The summed E-state index contributed by atoms with van der Waals surface area (Å²) < 4.78 is 9.35. The Balaban J connectivity index is 4.57. The average Bonchev–Trinajstić information content (AvgIpc) is 2.26. The molecule has 0 aromatic heterocycles. The third-order valence-electron chi connectivity index (χ3n) is 2.82. The first-order chi connectivity index (χ1) is 6.91. The van der Waals surface area contributed by atoms with E-state index in [1.54, 1.807) is 13.8 Å². The Morgan fingerprint density at radius 2 is 1.80 bits per heavy atom. The van der Waals surface area contributed by atoms with E-state index >= 15 is 0 Å². The maximum absolute atomic E-state index is 11.5. The topological polar surface area (TPSA) is 52.6 Å². The van der Waals surface area contributed by atoms with Crippen molar-refractivity contribution < 1.29 is 19.1 Å². The van der Waals surface area contributed by atoms with E-state index in [1.807, 2.05) is 6.92 Å². The Kier molecular flexibility index (Phi) is 5.33. The predicted molar refractivity (Wildman–Crippen MR) is 56.2 cm³/mol. The van der Waals surface area contributed by atoms with Crippen LogP contribution in [0, 0.1) is 11.3 Å². The van der Waals surface area contributed by atoms with Gasteiger partial charge in [-0.3, -0.25) is 9.59 Å². The Labute approximate surface area is 90.9 Å². The number of hydrogen-bond acceptors (Lipinski definition) is 4. The third kappa shape index (κ3) is 3.53. The molecule has 0 rings (SSSR count). The van der Waals surface area contributed by atoms with Crippen molar-refractivity contribution in [1.29, 1.82) is 0 Å². The van der Waals surface area contributed by atoms with Crippen molar-refractivity contribution in [2.75, 3.05) is 14.2 Å². The van der Waals surface area contributed by atoms with Crippen molar-refractivity contribution in [2.45, 2.75) is 33.6 Å². The zero-order valence-electron chi connectivity index (χ0n) is 10.1. The van der Waals surface area contributed by atoms with Gasteiger partial charge in [0.15, 0.2) is 0 Å². The van der Waals surface area contributed by atoms with Gasteiger partial charge in [-0.15, -0.1) is 0 Å². The molecule has 0 saturated heterocycles. The molecule has 2 unspecified atom stereocenters. The third-order valence-corrected chi connectivity index (χ3v) is 2.82. The summed E-state index contributed by atoms with van der Waals surface area (Å²) in [7, 11) is 2.71. The molecule has 0 aliphatic heterocycles. The van der Waals surface area contributed by atoms with E-state index in [4.69, 9.17) is 4.74 Å². The summed E-state index contributed by atoms with van der Waals surface area (Å²) in [6.45, 7) is 5.46. The number of hydrogen-bond donors (Lipinski definition) is 0. The summed E-state index contributed by atoms with van der Waals surface area (Å²) in [5, 5.41) is 0. The lowest BCUT2D eigenvalue weighted by atomic mass is 9.79. The van der Waals surface area contributed by atoms with Gasteiger partial charge in [0.25, 0.3) is 0 Å². The molecule has 0 aromatic carbocycles. The highest BCUT2D eigenvalue weighted by Crippen LogP contribution is 2.31. The molecule has 0 bridgehead atoms. The summed E-state index contributed by atoms with van der Waals surface area (Å²) in [6, 6.07) is 0. The zero-order chi connectivity index (χ0) is 12.1. The van der Waals surface area contributed by atoms with Gasteiger partial charge in [-0.25, -0.2) is 0 Å².